The molecule has 0 aliphatic carbocycles. The molecule has 2 aromatic carbocycles. The molecule has 2 N–H and O–H groups in total. The van der Waals surface area contributed by atoms with E-state index < -0.39 is 0 Å². The third-order valence-electron chi connectivity index (χ3n) is 3.96. The van der Waals surface area contributed by atoms with Gasteiger partial charge < -0.3 is 9.72 Å². The molecule has 0 saturated heterocycles. The van der Waals surface area contributed by atoms with Crippen molar-refractivity contribution in [2.75, 3.05) is 7.11 Å². The van der Waals surface area contributed by atoms with Crippen LogP contribution < -0.4 is 10.2 Å². The highest BCUT2D eigenvalue weighted by atomic mass is 16.5. The van der Waals surface area contributed by atoms with Gasteiger partial charge in [-0.2, -0.15) is 5.10 Å². The highest BCUT2D eigenvalue weighted by Crippen LogP contribution is 2.21. The van der Waals surface area contributed by atoms with Gasteiger partial charge in [0.05, 0.1) is 12.8 Å². The molecule has 0 fully saturated rings. The zero-order valence-electron chi connectivity index (χ0n) is 14.4. The summed E-state index contributed by atoms with van der Waals surface area (Å²) in [5.41, 5.74) is 5.90. The van der Waals surface area contributed by atoms with Gasteiger partial charge in [-0.05, 0) is 36.2 Å². The van der Waals surface area contributed by atoms with Crippen molar-refractivity contribution in [1.29, 1.82) is 0 Å². The van der Waals surface area contributed by atoms with Crippen LogP contribution in [0, 0.1) is 0 Å². The van der Waals surface area contributed by atoms with Gasteiger partial charge in [-0.15, -0.1) is 0 Å². The summed E-state index contributed by atoms with van der Waals surface area (Å²) in [7, 11) is 1.62. The summed E-state index contributed by atoms with van der Waals surface area (Å²) in [6, 6.07) is 17.3. The number of carbonyl (C=O) groups excluding carboxylic acids is 1. The Hall–Kier alpha value is -3.08. The maximum absolute atomic E-state index is 12.4. The van der Waals surface area contributed by atoms with Crippen molar-refractivity contribution in [3.05, 3.63) is 65.9 Å². The van der Waals surface area contributed by atoms with Gasteiger partial charge in [0.25, 0.3) is 5.91 Å². The standard InChI is InChI=1S/C20H21N3O2/c1-3-7-18(14-8-5-4-6-9-14)22-23-20(24)19-13-15-12-16(25-2)10-11-17(15)21-19/h4-6,8-13,21H,3,7H2,1-2H3,(H,23,24). The van der Waals surface area contributed by atoms with E-state index in [1.165, 1.54) is 0 Å². The lowest BCUT2D eigenvalue weighted by Crippen LogP contribution is -2.20. The van der Waals surface area contributed by atoms with Crippen molar-refractivity contribution in [1.82, 2.24) is 10.4 Å². The number of hydrogen-bond acceptors (Lipinski definition) is 3. The van der Waals surface area contributed by atoms with Crippen LogP contribution in [0.25, 0.3) is 10.9 Å². The van der Waals surface area contributed by atoms with Crippen molar-refractivity contribution in [3.63, 3.8) is 0 Å². The smallest absolute Gasteiger partial charge is 0.287 e. The van der Waals surface area contributed by atoms with Crippen LogP contribution in [-0.4, -0.2) is 23.7 Å². The first kappa shape index (κ1) is 16.8. The van der Waals surface area contributed by atoms with Crippen LogP contribution in [0.4, 0.5) is 0 Å². The van der Waals surface area contributed by atoms with Crippen molar-refractivity contribution in [2.45, 2.75) is 19.8 Å². The second-order valence-corrected chi connectivity index (χ2v) is 5.75. The number of aromatic nitrogens is 1. The van der Waals surface area contributed by atoms with E-state index >= 15 is 0 Å². The SMILES string of the molecule is CCCC(=NNC(=O)c1cc2cc(OC)ccc2[nH]1)c1ccccc1. The monoisotopic (exact) mass is 335 g/mol. The highest BCUT2D eigenvalue weighted by molar-refractivity contribution is 6.03. The zero-order valence-corrected chi connectivity index (χ0v) is 14.4. The minimum Gasteiger partial charge on any atom is -0.497 e. The average Bonchev–Trinajstić information content (AvgIpc) is 3.08. The second kappa shape index (κ2) is 7.66. The number of hydrogen-bond donors (Lipinski definition) is 2. The van der Waals surface area contributed by atoms with Crippen LogP contribution in [0.1, 0.15) is 35.8 Å². The molecule has 0 spiro atoms. The first-order valence-corrected chi connectivity index (χ1v) is 8.30. The van der Waals surface area contributed by atoms with Gasteiger partial charge in [-0.25, -0.2) is 5.43 Å². The maximum Gasteiger partial charge on any atom is 0.287 e. The van der Waals surface area contributed by atoms with Crippen LogP contribution >= 0.6 is 0 Å². The molecule has 0 radical (unpaired) electrons. The first-order valence-electron chi connectivity index (χ1n) is 8.30. The van der Waals surface area contributed by atoms with E-state index in [1.807, 2.05) is 48.5 Å². The van der Waals surface area contributed by atoms with Gasteiger partial charge in [0.1, 0.15) is 11.4 Å². The van der Waals surface area contributed by atoms with Gasteiger partial charge in [0, 0.05) is 10.9 Å². The Morgan fingerprint density at radius 3 is 2.68 bits per heavy atom. The largest absolute Gasteiger partial charge is 0.497 e. The average molecular weight is 335 g/mol. The fraction of sp³-hybridized carbons (Fsp3) is 0.200. The lowest BCUT2D eigenvalue weighted by atomic mass is 10.1. The summed E-state index contributed by atoms with van der Waals surface area (Å²) < 4.78 is 5.21. The lowest BCUT2D eigenvalue weighted by Gasteiger charge is -2.05. The van der Waals surface area contributed by atoms with E-state index in [1.54, 1.807) is 13.2 Å². The molecule has 5 nitrogen and oxygen atoms in total. The number of carbonyl (C=O) groups is 1. The molecule has 128 valence electrons. The zero-order chi connectivity index (χ0) is 17.6. The molecule has 3 rings (SSSR count). The summed E-state index contributed by atoms with van der Waals surface area (Å²) in [4.78, 5) is 15.5. The number of fused-ring (bicyclic) bond motifs is 1. The van der Waals surface area contributed by atoms with Gasteiger partial charge >= 0.3 is 0 Å². The molecule has 5 heteroatoms. The molecule has 1 aromatic heterocycles. The quantitative estimate of drug-likeness (QED) is 0.526. The van der Waals surface area contributed by atoms with Crippen molar-refractivity contribution in [3.8, 4) is 5.75 Å². The Morgan fingerprint density at radius 2 is 1.96 bits per heavy atom. The molecule has 0 aliphatic heterocycles. The van der Waals surface area contributed by atoms with Crippen LogP contribution in [0.5, 0.6) is 5.75 Å². The fourth-order valence-corrected chi connectivity index (χ4v) is 2.67. The summed E-state index contributed by atoms with van der Waals surface area (Å²) in [5.74, 6) is 0.491. The number of hydrazone groups is 1. The topological polar surface area (TPSA) is 66.5 Å². The summed E-state index contributed by atoms with van der Waals surface area (Å²) in [6.07, 6.45) is 1.75. The van der Waals surface area contributed by atoms with Crippen LogP contribution in [0.2, 0.25) is 0 Å². The normalized spacial score (nSPS) is 11.5. The number of methoxy groups -OCH3 is 1. The van der Waals surface area contributed by atoms with E-state index in [0.717, 1.165) is 40.8 Å². The van der Waals surface area contributed by atoms with E-state index in [-0.39, 0.29) is 5.91 Å². The molecule has 0 saturated carbocycles. The number of benzene rings is 2. The Balaban J connectivity index is 1.80. The fourth-order valence-electron chi connectivity index (χ4n) is 2.67. The van der Waals surface area contributed by atoms with E-state index in [2.05, 4.69) is 22.4 Å². The lowest BCUT2D eigenvalue weighted by molar-refractivity contribution is 0.0950. The Kier molecular flexibility index (Phi) is 5.14. The molecule has 1 heterocycles. The van der Waals surface area contributed by atoms with Crippen LogP contribution in [-0.2, 0) is 0 Å². The van der Waals surface area contributed by atoms with Crippen molar-refractivity contribution < 1.29 is 9.53 Å². The predicted molar refractivity (Wildman–Crippen MR) is 100 cm³/mol. The molecular weight excluding hydrogens is 314 g/mol. The van der Waals surface area contributed by atoms with Crippen LogP contribution in [0.3, 0.4) is 0 Å². The molecule has 0 unspecified atom stereocenters. The molecule has 0 atom stereocenters. The van der Waals surface area contributed by atoms with Gasteiger partial charge in [-0.3, -0.25) is 4.79 Å². The molecule has 1 amide bonds. The molecule has 3 aromatic rings. The molecule has 0 aliphatic rings. The van der Waals surface area contributed by atoms with E-state index in [9.17, 15) is 4.79 Å². The number of aromatic amines is 1. The van der Waals surface area contributed by atoms with E-state index in [4.69, 9.17) is 4.74 Å². The number of amides is 1. The summed E-state index contributed by atoms with van der Waals surface area (Å²) in [6.45, 7) is 2.09. The number of nitrogens with one attached hydrogen (secondary N) is 2. The van der Waals surface area contributed by atoms with Crippen LogP contribution in [0.15, 0.2) is 59.7 Å². The first-order chi connectivity index (χ1) is 12.2. The number of H-pyrrole nitrogens is 1. The van der Waals surface area contributed by atoms with E-state index in [0.29, 0.717) is 5.69 Å². The Morgan fingerprint density at radius 1 is 1.16 bits per heavy atom. The third kappa shape index (κ3) is 3.88. The Bertz CT molecular complexity index is 898. The minimum atomic E-state index is -0.264. The van der Waals surface area contributed by atoms with Crippen molar-refractivity contribution >= 4 is 22.5 Å². The summed E-state index contributed by atoms with van der Waals surface area (Å²) >= 11 is 0. The Labute approximate surface area is 146 Å². The van der Waals surface area contributed by atoms with Gasteiger partial charge in [-0.1, -0.05) is 43.7 Å². The molecular formula is C20H21N3O2. The summed E-state index contributed by atoms with van der Waals surface area (Å²) in [5, 5.41) is 5.26. The number of nitrogens with zero attached hydrogens (tertiary/aromatic N) is 1. The number of rotatable bonds is 6. The van der Waals surface area contributed by atoms with Crippen molar-refractivity contribution in [2.24, 2.45) is 5.10 Å². The molecule has 0 bridgehead atoms. The maximum atomic E-state index is 12.4. The van der Waals surface area contributed by atoms with Gasteiger partial charge in [0.2, 0.25) is 0 Å². The highest BCUT2D eigenvalue weighted by Gasteiger charge is 2.10. The third-order valence-corrected chi connectivity index (χ3v) is 3.96. The second-order valence-electron chi connectivity index (χ2n) is 5.75. The number of ether oxygens (including phenoxy) is 1. The predicted octanol–water partition coefficient (Wildman–Crippen LogP) is 4.11. The minimum absolute atomic E-state index is 0.264. The van der Waals surface area contributed by atoms with Gasteiger partial charge in [0.15, 0.2) is 0 Å². The molecule has 25 heavy (non-hydrogen) atoms.